The molecule has 0 bridgehead atoms. The van der Waals surface area contributed by atoms with Crippen molar-refractivity contribution in [2.24, 2.45) is 0 Å². The molecule has 142 valence electrons. The lowest BCUT2D eigenvalue weighted by Crippen LogP contribution is -2.13. The number of rotatable bonds is 5. The molecular formula is C21H18ClN3O3. The van der Waals surface area contributed by atoms with Crippen LogP contribution >= 0.6 is 11.6 Å². The number of aryl methyl sites for hydroxylation is 1. The Balaban J connectivity index is 1.79. The van der Waals surface area contributed by atoms with E-state index in [1.54, 1.807) is 30.3 Å². The SMILES string of the molecule is COC(=O)c1ccc(Cl)c(Nc2ccnc(C(=O)Nc3ccc(C)cc3)c2)c1. The second-order valence-corrected chi connectivity index (χ2v) is 6.47. The monoisotopic (exact) mass is 395 g/mol. The van der Waals surface area contributed by atoms with Crippen molar-refractivity contribution in [1.82, 2.24) is 4.98 Å². The summed E-state index contributed by atoms with van der Waals surface area (Å²) in [7, 11) is 1.31. The summed E-state index contributed by atoms with van der Waals surface area (Å²) in [6, 6.07) is 15.5. The molecule has 0 fully saturated rings. The fraction of sp³-hybridized carbons (Fsp3) is 0.0952. The fourth-order valence-electron chi connectivity index (χ4n) is 2.49. The zero-order chi connectivity index (χ0) is 20.1. The van der Waals surface area contributed by atoms with Crippen LogP contribution in [0.2, 0.25) is 5.02 Å². The molecule has 6 nitrogen and oxygen atoms in total. The van der Waals surface area contributed by atoms with Crippen LogP contribution in [0.5, 0.6) is 0 Å². The number of esters is 1. The maximum absolute atomic E-state index is 12.5. The summed E-state index contributed by atoms with van der Waals surface area (Å²) in [4.78, 5) is 28.3. The second-order valence-electron chi connectivity index (χ2n) is 6.06. The van der Waals surface area contributed by atoms with Crippen molar-refractivity contribution >= 4 is 40.5 Å². The number of anilines is 3. The summed E-state index contributed by atoms with van der Waals surface area (Å²) in [5, 5.41) is 6.33. The van der Waals surface area contributed by atoms with Gasteiger partial charge in [0.05, 0.1) is 23.4 Å². The Morgan fingerprint density at radius 2 is 1.75 bits per heavy atom. The van der Waals surface area contributed by atoms with Crippen LogP contribution in [0.25, 0.3) is 0 Å². The van der Waals surface area contributed by atoms with E-state index >= 15 is 0 Å². The molecule has 2 N–H and O–H groups in total. The van der Waals surface area contributed by atoms with Crippen molar-refractivity contribution in [2.75, 3.05) is 17.7 Å². The molecule has 0 radical (unpaired) electrons. The largest absolute Gasteiger partial charge is 0.465 e. The normalized spacial score (nSPS) is 10.2. The molecule has 0 atom stereocenters. The van der Waals surface area contributed by atoms with Gasteiger partial charge in [-0.05, 0) is 49.4 Å². The standard InChI is InChI=1S/C21H18ClN3O3/c1-13-3-6-15(7-4-13)25-20(26)19-12-16(9-10-23-19)24-18-11-14(21(27)28-2)5-8-17(18)22/h3-12H,1-2H3,(H,23,24)(H,25,26). The van der Waals surface area contributed by atoms with Crippen LogP contribution in [0, 0.1) is 6.92 Å². The van der Waals surface area contributed by atoms with E-state index in [1.165, 1.54) is 13.3 Å². The topological polar surface area (TPSA) is 80.3 Å². The van der Waals surface area contributed by atoms with Gasteiger partial charge >= 0.3 is 5.97 Å². The summed E-state index contributed by atoms with van der Waals surface area (Å²) in [5.41, 5.74) is 3.51. The number of carbonyl (C=O) groups excluding carboxylic acids is 2. The minimum absolute atomic E-state index is 0.241. The zero-order valence-corrected chi connectivity index (χ0v) is 16.1. The number of hydrogen-bond acceptors (Lipinski definition) is 5. The minimum Gasteiger partial charge on any atom is -0.465 e. The predicted molar refractivity (Wildman–Crippen MR) is 109 cm³/mol. The van der Waals surface area contributed by atoms with E-state index in [4.69, 9.17) is 16.3 Å². The Bertz CT molecular complexity index is 1020. The Morgan fingerprint density at radius 3 is 2.46 bits per heavy atom. The van der Waals surface area contributed by atoms with E-state index < -0.39 is 5.97 Å². The highest BCUT2D eigenvalue weighted by Crippen LogP contribution is 2.27. The lowest BCUT2D eigenvalue weighted by molar-refractivity contribution is 0.0600. The minimum atomic E-state index is -0.465. The highest BCUT2D eigenvalue weighted by atomic mass is 35.5. The smallest absolute Gasteiger partial charge is 0.337 e. The van der Waals surface area contributed by atoms with Crippen LogP contribution in [0.3, 0.4) is 0 Å². The number of methoxy groups -OCH3 is 1. The molecule has 0 unspecified atom stereocenters. The molecule has 1 aromatic heterocycles. The number of hydrogen-bond donors (Lipinski definition) is 2. The number of benzene rings is 2. The number of carbonyl (C=O) groups is 2. The number of halogens is 1. The van der Waals surface area contributed by atoms with Crippen molar-refractivity contribution in [3.05, 3.63) is 82.6 Å². The van der Waals surface area contributed by atoms with E-state index in [2.05, 4.69) is 15.6 Å². The summed E-state index contributed by atoms with van der Waals surface area (Å²) >= 11 is 6.21. The van der Waals surface area contributed by atoms with Crippen molar-refractivity contribution in [1.29, 1.82) is 0 Å². The Morgan fingerprint density at radius 1 is 1.00 bits per heavy atom. The average Bonchev–Trinajstić information content (AvgIpc) is 2.71. The summed E-state index contributed by atoms with van der Waals surface area (Å²) < 4.78 is 4.72. The van der Waals surface area contributed by atoms with Gasteiger partial charge < -0.3 is 15.4 Å². The Labute approximate surface area is 167 Å². The fourth-order valence-corrected chi connectivity index (χ4v) is 2.65. The molecule has 0 aliphatic heterocycles. The molecule has 1 amide bonds. The van der Waals surface area contributed by atoms with Crippen molar-refractivity contribution < 1.29 is 14.3 Å². The van der Waals surface area contributed by atoms with Gasteiger partial charge in [0.2, 0.25) is 0 Å². The van der Waals surface area contributed by atoms with Gasteiger partial charge in [0.25, 0.3) is 5.91 Å². The lowest BCUT2D eigenvalue weighted by atomic mass is 10.2. The number of nitrogens with one attached hydrogen (secondary N) is 2. The molecule has 0 aliphatic carbocycles. The van der Waals surface area contributed by atoms with Gasteiger partial charge in [0.15, 0.2) is 0 Å². The maximum atomic E-state index is 12.5. The van der Waals surface area contributed by atoms with E-state index in [0.717, 1.165) is 5.56 Å². The van der Waals surface area contributed by atoms with Gasteiger partial charge in [-0.25, -0.2) is 4.79 Å². The van der Waals surface area contributed by atoms with Gasteiger partial charge in [-0.1, -0.05) is 29.3 Å². The first-order chi connectivity index (χ1) is 13.5. The van der Waals surface area contributed by atoms with E-state index in [0.29, 0.717) is 27.6 Å². The molecule has 0 aliphatic rings. The zero-order valence-electron chi connectivity index (χ0n) is 15.3. The highest BCUT2D eigenvalue weighted by Gasteiger charge is 2.12. The molecule has 3 rings (SSSR count). The molecule has 3 aromatic rings. The summed E-state index contributed by atoms with van der Waals surface area (Å²) in [5.74, 6) is -0.797. The highest BCUT2D eigenvalue weighted by molar-refractivity contribution is 6.33. The van der Waals surface area contributed by atoms with Crippen LogP contribution in [-0.4, -0.2) is 24.0 Å². The van der Waals surface area contributed by atoms with Crippen LogP contribution in [0.1, 0.15) is 26.4 Å². The third-order valence-electron chi connectivity index (χ3n) is 3.97. The quantitative estimate of drug-likeness (QED) is 0.605. The Kier molecular flexibility index (Phi) is 5.91. The summed E-state index contributed by atoms with van der Waals surface area (Å²) in [6.45, 7) is 1.97. The predicted octanol–water partition coefficient (Wildman–Crippen LogP) is 4.83. The number of nitrogens with zero attached hydrogens (tertiary/aromatic N) is 1. The molecule has 7 heteroatoms. The van der Waals surface area contributed by atoms with Gasteiger partial charge in [-0.3, -0.25) is 9.78 Å². The first kappa shape index (κ1) is 19.4. The number of ether oxygens (including phenoxy) is 1. The summed E-state index contributed by atoms with van der Waals surface area (Å²) in [6.07, 6.45) is 1.52. The van der Waals surface area contributed by atoms with Gasteiger partial charge in [-0.15, -0.1) is 0 Å². The number of amides is 1. The van der Waals surface area contributed by atoms with Crippen LogP contribution in [0.4, 0.5) is 17.1 Å². The van der Waals surface area contributed by atoms with Crippen molar-refractivity contribution in [3.8, 4) is 0 Å². The molecule has 0 spiro atoms. The van der Waals surface area contributed by atoms with Crippen molar-refractivity contribution in [2.45, 2.75) is 6.92 Å². The third-order valence-corrected chi connectivity index (χ3v) is 4.30. The number of pyridine rings is 1. The average molecular weight is 396 g/mol. The molecule has 1 heterocycles. The van der Waals surface area contributed by atoms with Gasteiger partial charge in [0, 0.05) is 17.6 Å². The molecular weight excluding hydrogens is 378 g/mol. The number of aromatic nitrogens is 1. The van der Waals surface area contributed by atoms with Gasteiger partial charge in [0.1, 0.15) is 5.69 Å². The van der Waals surface area contributed by atoms with E-state index in [1.807, 2.05) is 31.2 Å². The maximum Gasteiger partial charge on any atom is 0.337 e. The molecule has 0 saturated carbocycles. The first-order valence-electron chi connectivity index (χ1n) is 8.45. The van der Waals surface area contributed by atoms with Crippen LogP contribution in [-0.2, 0) is 4.74 Å². The van der Waals surface area contributed by atoms with Crippen molar-refractivity contribution in [3.63, 3.8) is 0 Å². The molecule has 0 saturated heterocycles. The lowest BCUT2D eigenvalue weighted by Gasteiger charge is -2.11. The first-order valence-corrected chi connectivity index (χ1v) is 8.83. The van der Waals surface area contributed by atoms with Crippen LogP contribution < -0.4 is 10.6 Å². The van der Waals surface area contributed by atoms with E-state index in [9.17, 15) is 9.59 Å². The Hall–Kier alpha value is -3.38. The molecule has 28 heavy (non-hydrogen) atoms. The second kappa shape index (κ2) is 8.54. The van der Waals surface area contributed by atoms with Gasteiger partial charge in [-0.2, -0.15) is 0 Å². The third kappa shape index (κ3) is 4.66. The molecule has 2 aromatic carbocycles. The van der Waals surface area contributed by atoms with E-state index in [-0.39, 0.29) is 11.6 Å². The van der Waals surface area contributed by atoms with Crippen LogP contribution in [0.15, 0.2) is 60.8 Å².